The molecule has 1 heterocycles. The largest absolute Gasteiger partial charge is 0.473 e. The number of carbonyl (C=O) groups is 1. The smallest absolute Gasteiger partial charge is 0.333 e. The number of nitrogens with two attached hydrogens (primary N) is 1. The number of benzene rings is 1. The van der Waals surface area contributed by atoms with Crippen LogP contribution in [0.5, 0.6) is 5.88 Å². The minimum Gasteiger partial charge on any atom is -0.473 e. The maximum Gasteiger partial charge on any atom is 0.333 e. The van der Waals surface area contributed by atoms with Crippen LogP contribution in [-0.2, 0) is 6.61 Å². The van der Waals surface area contributed by atoms with E-state index in [0.29, 0.717) is 18.2 Å². The molecule has 1 aromatic heterocycles. The van der Waals surface area contributed by atoms with Crippen molar-refractivity contribution in [3.63, 3.8) is 0 Å². The summed E-state index contributed by atoms with van der Waals surface area (Å²) in [5.74, 6) is 5.70. The first-order valence-electron chi connectivity index (χ1n) is 6.94. The lowest BCUT2D eigenvalue weighted by Gasteiger charge is -2.15. The molecule has 0 bridgehead atoms. The number of urea groups is 1. The summed E-state index contributed by atoms with van der Waals surface area (Å²) in [5.41, 5.74) is 6.47. The van der Waals surface area contributed by atoms with E-state index in [1.165, 1.54) is 0 Å². The molecule has 0 aliphatic rings. The molecular weight excluding hydrogens is 280 g/mol. The van der Waals surface area contributed by atoms with Crippen molar-refractivity contribution in [2.45, 2.75) is 27.4 Å². The molecule has 2 aromatic rings. The fraction of sp³-hybridized carbons (Fsp3) is 0.250. The van der Waals surface area contributed by atoms with Crippen LogP contribution in [0.1, 0.15) is 22.4 Å². The third-order valence-corrected chi connectivity index (χ3v) is 3.33. The van der Waals surface area contributed by atoms with Crippen LogP contribution in [0.15, 0.2) is 30.3 Å². The molecule has 0 saturated carbocycles. The predicted molar refractivity (Wildman–Crippen MR) is 85.6 cm³/mol. The quantitative estimate of drug-likeness (QED) is 0.460. The zero-order valence-corrected chi connectivity index (χ0v) is 12.9. The Balaban J connectivity index is 2.21. The summed E-state index contributed by atoms with van der Waals surface area (Å²) < 4.78 is 5.83. The molecule has 0 saturated heterocycles. The van der Waals surface area contributed by atoms with Crippen molar-refractivity contribution in [3.05, 3.63) is 52.7 Å². The van der Waals surface area contributed by atoms with Gasteiger partial charge in [-0.2, -0.15) is 0 Å². The van der Waals surface area contributed by atoms with Crippen LogP contribution in [0, 0.1) is 20.8 Å². The van der Waals surface area contributed by atoms with E-state index in [1.807, 2.05) is 50.5 Å². The number of nitrogens with one attached hydrogen (secondary N) is 2. The van der Waals surface area contributed by atoms with Crippen molar-refractivity contribution >= 4 is 11.7 Å². The lowest BCUT2D eigenvalue weighted by Crippen LogP contribution is -2.34. The molecule has 0 spiro atoms. The summed E-state index contributed by atoms with van der Waals surface area (Å²) in [6.07, 6.45) is 0. The van der Waals surface area contributed by atoms with E-state index in [-0.39, 0.29) is 0 Å². The number of anilines is 1. The van der Waals surface area contributed by atoms with Crippen LogP contribution in [-0.4, -0.2) is 11.0 Å². The number of hydrazine groups is 1. The molecule has 1 aromatic carbocycles. The number of rotatable bonds is 4. The topological polar surface area (TPSA) is 89.3 Å². The van der Waals surface area contributed by atoms with E-state index in [2.05, 4.69) is 10.3 Å². The number of nitrogens with zero attached hydrogens (tertiary/aromatic N) is 1. The van der Waals surface area contributed by atoms with Gasteiger partial charge in [0.1, 0.15) is 6.61 Å². The normalized spacial score (nSPS) is 10.2. The molecule has 116 valence electrons. The second-order valence-corrected chi connectivity index (χ2v) is 5.06. The van der Waals surface area contributed by atoms with Gasteiger partial charge in [-0.15, -0.1) is 0 Å². The van der Waals surface area contributed by atoms with Gasteiger partial charge in [0.2, 0.25) is 5.88 Å². The van der Waals surface area contributed by atoms with E-state index in [9.17, 15) is 4.79 Å². The predicted octanol–water partition coefficient (Wildman–Crippen LogP) is 2.58. The average Bonchev–Trinajstić information content (AvgIpc) is 2.49. The van der Waals surface area contributed by atoms with E-state index in [0.717, 1.165) is 22.4 Å². The van der Waals surface area contributed by atoms with Crippen LogP contribution in [0.25, 0.3) is 0 Å². The number of hydrogen-bond donors (Lipinski definition) is 3. The summed E-state index contributed by atoms with van der Waals surface area (Å²) in [6, 6.07) is 9.06. The number of amides is 2. The molecule has 4 N–H and O–H groups in total. The summed E-state index contributed by atoms with van der Waals surface area (Å²) >= 11 is 0. The SMILES string of the molecule is Cc1ccc(C)c(OCc2c(C)cccc2NC(=O)NN)n1. The van der Waals surface area contributed by atoms with Crippen molar-refractivity contribution in [3.8, 4) is 5.88 Å². The number of hydrogen-bond acceptors (Lipinski definition) is 4. The number of carbonyl (C=O) groups excluding carboxylic acids is 1. The zero-order chi connectivity index (χ0) is 16.1. The van der Waals surface area contributed by atoms with Crippen LogP contribution < -0.4 is 21.3 Å². The molecule has 0 fully saturated rings. The highest BCUT2D eigenvalue weighted by molar-refractivity contribution is 5.89. The van der Waals surface area contributed by atoms with Crippen LogP contribution in [0.3, 0.4) is 0 Å². The molecule has 6 nitrogen and oxygen atoms in total. The summed E-state index contributed by atoms with van der Waals surface area (Å²) in [5, 5.41) is 2.69. The monoisotopic (exact) mass is 300 g/mol. The van der Waals surface area contributed by atoms with E-state index < -0.39 is 6.03 Å². The van der Waals surface area contributed by atoms with Gasteiger partial charge < -0.3 is 10.1 Å². The Morgan fingerprint density at radius 1 is 1.18 bits per heavy atom. The number of aryl methyl sites for hydroxylation is 3. The van der Waals surface area contributed by atoms with Crippen molar-refractivity contribution < 1.29 is 9.53 Å². The summed E-state index contributed by atoms with van der Waals surface area (Å²) in [7, 11) is 0. The maximum absolute atomic E-state index is 11.4. The van der Waals surface area contributed by atoms with Gasteiger partial charge in [-0.25, -0.2) is 15.6 Å². The molecule has 22 heavy (non-hydrogen) atoms. The van der Waals surface area contributed by atoms with Gasteiger partial charge in [0.25, 0.3) is 0 Å². The molecule has 0 aliphatic carbocycles. The minimum atomic E-state index is -0.475. The number of ether oxygens (including phenoxy) is 1. The van der Waals surface area contributed by atoms with Gasteiger partial charge in [0.15, 0.2) is 0 Å². The highest BCUT2D eigenvalue weighted by Crippen LogP contribution is 2.23. The standard InChI is InChI=1S/C16H20N4O2/c1-10-5-4-6-14(19-16(21)20-17)13(10)9-22-15-11(2)7-8-12(3)18-15/h4-8H,9,17H2,1-3H3,(H2,19,20,21). The maximum atomic E-state index is 11.4. The lowest BCUT2D eigenvalue weighted by atomic mass is 10.1. The second kappa shape index (κ2) is 6.91. The van der Waals surface area contributed by atoms with E-state index >= 15 is 0 Å². The van der Waals surface area contributed by atoms with Gasteiger partial charge in [-0.3, -0.25) is 5.43 Å². The fourth-order valence-corrected chi connectivity index (χ4v) is 2.06. The van der Waals surface area contributed by atoms with Crippen LogP contribution in [0.2, 0.25) is 0 Å². The minimum absolute atomic E-state index is 0.310. The van der Waals surface area contributed by atoms with Gasteiger partial charge in [0, 0.05) is 22.5 Å². The Kier molecular flexibility index (Phi) is 4.95. The van der Waals surface area contributed by atoms with Crippen molar-refractivity contribution in [1.29, 1.82) is 0 Å². The van der Waals surface area contributed by atoms with E-state index in [1.54, 1.807) is 6.07 Å². The van der Waals surface area contributed by atoms with Crippen LogP contribution >= 0.6 is 0 Å². The molecule has 0 atom stereocenters. The summed E-state index contributed by atoms with van der Waals surface area (Å²) in [4.78, 5) is 15.8. The zero-order valence-electron chi connectivity index (χ0n) is 12.9. The van der Waals surface area contributed by atoms with Crippen molar-refractivity contribution in [2.24, 2.45) is 5.84 Å². The molecule has 6 heteroatoms. The van der Waals surface area contributed by atoms with Gasteiger partial charge in [0.05, 0.1) is 0 Å². The Labute approximate surface area is 129 Å². The first-order valence-corrected chi connectivity index (χ1v) is 6.94. The van der Waals surface area contributed by atoms with Gasteiger partial charge in [-0.05, 0) is 38.5 Å². The molecule has 2 rings (SSSR count). The van der Waals surface area contributed by atoms with Crippen molar-refractivity contribution in [1.82, 2.24) is 10.4 Å². The molecule has 0 radical (unpaired) electrons. The number of aromatic nitrogens is 1. The highest BCUT2D eigenvalue weighted by atomic mass is 16.5. The van der Waals surface area contributed by atoms with Gasteiger partial charge >= 0.3 is 6.03 Å². The molecular formula is C16H20N4O2. The first-order chi connectivity index (χ1) is 10.5. The number of pyridine rings is 1. The first kappa shape index (κ1) is 15.8. The Hall–Kier alpha value is -2.60. The van der Waals surface area contributed by atoms with Crippen LogP contribution in [0.4, 0.5) is 10.5 Å². The summed E-state index contributed by atoms with van der Waals surface area (Å²) in [6.45, 7) is 6.13. The average molecular weight is 300 g/mol. The third-order valence-electron chi connectivity index (χ3n) is 3.33. The Morgan fingerprint density at radius 3 is 2.68 bits per heavy atom. The third kappa shape index (κ3) is 3.73. The Morgan fingerprint density at radius 2 is 1.95 bits per heavy atom. The second-order valence-electron chi connectivity index (χ2n) is 5.06. The molecule has 0 aliphatic heterocycles. The highest BCUT2D eigenvalue weighted by Gasteiger charge is 2.10. The fourth-order valence-electron chi connectivity index (χ4n) is 2.06. The Bertz CT molecular complexity index is 686. The van der Waals surface area contributed by atoms with Crippen molar-refractivity contribution in [2.75, 3.05) is 5.32 Å². The van der Waals surface area contributed by atoms with Gasteiger partial charge in [-0.1, -0.05) is 18.2 Å². The van der Waals surface area contributed by atoms with E-state index in [4.69, 9.17) is 10.6 Å². The lowest BCUT2D eigenvalue weighted by molar-refractivity contribution is 0.252. The molecule has 0 unspecified atom stereocenters. The molecule has 2 amide bonds.